The van der Waals surface area contributed by atoms with Crippen LogP contribution in [-0.4, -0.2) is 27.8 Å². The second-order valence-corrected chi connectivity index (χ2v) is 10.1. The van der Waals surface area contributed by atoms with E-state index in [1.54, 1.807) is 36.4 Å². The highest BCUT2D eigenvalue weighted by atomic mass is 32.2. The molecule has 1 fully saturated rings. The van der Waals surface area contributed by atoms with Crippen LogP contribution in [0.25, 0.3) is 16.3 Å². The van der Waals surface area contributed by atoms with Gasteiger partial charge in [0.25, 0.3) is 17.5 Å². The van der Waals surface area contributed by atoms with Crippen LogP contribution in [-0.2, 0) is 9.59 Å². The Kier molecular flexibility index (Phi) is 6.08. The van der Waals surface area contributed by atoms with Gasteiger partial charge in [0, 0.05) is 6.07 Å². The number of aromatic nitrogens is 1. The lowest BCUT2D eigenvalue weighted by Crippen LogP contribution is -2.54. The van der Waals surface area contributed by atoms with E-state index >= 15 is 0 Å². The summed E-state index contributed by atoms with van der Waals surface area (Å²) in [6.07, 6.45) is 1.24. The fourth-order valence-electron chi connectivity index (χ4n) is 3.59. The van der Waals surface area contributed by atoms with Gasteiger partial charge in [-0.25, -0.2) is 14.7 Å². The van der Waals surface area contributed by atoms with Crippen molar-refractivity contribution < 1.29 is 19.3 Å². The van der Waals surface area contributed by atoms with Crippen molar-refractivity contribution in [3.8, 4) is 0 Å². The number of aryl methyl sites for hydroxylation is 1. The Hall–Kier alpha value is -4.35. The highest BCUT2D eigenvalue weighted by Gasteiger charge is 2.36. The summed E-state index contributed by atoms with van der Waals surface area (Å²) in [5.41, 5.74) is 1.82. The maximum Gasteiger partial charge on any atom is 0.335 e. The number of nitrogens with zero attached hydrogens (tertiary/aromatic N) is 3. The number of nitro groups is 1. The molecule has 0 atom stereocenters. The smallest absolute Gasteiger partial charge is 0.273 e. The zero-order chi connectivity index (χ0) is 25.4. The Labute approximate surface area is 212 Å². The number of barbiturate groups is 1. The lowest BCUT2D eigenvalue weighted by molar-refractivity contribution is -0.387. The molecule has 178 valence electrons. The van der Waals surface area contributed by atoms with Gasteiger partial charge < -0.3 is 0 Å². The predicted octanol–water partition coefficient (Wildman–Crippen LogP) is 5.33. The number of urea groups is 1. The quantitative estimate of drug-likeness (QED) is 0.165. The third kappa shape index (κ3) is 4.49. The molecule has 0 spiro atoms. The standard InChI is InChI=1S/C25H16N4O5S2/c1-14-6-9-16(10-7-14)28-23(31)17(22(30)27-24(28)32)12-15-8-11-21(19(13-15)29(33)34)36-25-26-18-4-2-3-5-20(18)35-25/h2-13H,1H3,(H,27,30,32)/b17-12+. The van der Waals surface area contributed by atoms with Crippen LogP contribution in [0.1, 0.15) is 11.1 Å². The SMILES string of the molecule is Cc1ccc(N2C(=O)NC(=O)/C(=C\c3ccc(Sc4nc5ccccc5s4)c([N+](=O)[O-])c3)C2=O)cc1. The third-order valence-corrected chi connectivity index (χ3v) is 7.52. The average molecular weight is 517 g/mol. The normalized spacial score (nSPS) is 15.0. The summed E-state index contributed by atoms with van der Waals surface area (Å²) in [4.78, 5) is 55.0. The Bertz CT molecular complexity index is 1560. The fourth-order valence-corrected chi connectivity index (χ4v) is 5.70. The van der Waals surface area contributed by atoms with Gasteiger partial charge in [-0.05, 0) is 48.9 Å². The van der Waals surface area contributed by atoms with Gasteiger partial charge in [-0.2, -0.15) is 0 Å². The molecule has 1 N–H and O–H groups in total. The number of hydrogen-bond acceptors (Lipinski definition) is 8. The van der Waals surface area contributed by atoms with E-state index < -0.39 is 22.8 Å². The van der Waals surface area contributed by atoms with Crippen molar-refractivity contribution in [3.63, 3.8) is 0 Å². The van der Waals surface area contributed by atoms with Gasteiger partial charge in [0.2, 0.25) is 0 Å². The summed E-state index contributed by atoms with van der Waals surface area (Å²) in [5.74, 6) is -1.69. The number of carbonyl (C=O) groups excluding carboxylic acids is 3. The van der Waals surface area contributed by atoms with Gasteiger partial charge >= 0.3 is 6.03 Å². The highest BCUT2D eigenvalue weighted by Crippen LogP contribution is 2.39. The first-order valence-electron chi connectivity index (χ1n) is 10.6. The zero-order valence-electron chi connectivity index (χ0n) is 18.6. The summed E-state index contributed by atoms with van der Waals surface area (Å²) in [6.45, 7) is 1.86. The minimum Gasteiger partial charge on any atom is -0.273 e. The largest absolute Gasteiger partial charge is 0.335 e. The Morgan fingerprint density at radius 3 is 2.53 bits per heavy atom. The number of benzene rings is 3. The van der Waals surface area contributed by atoms with Crippen molar-refractivity contribution in [1.29, 1.82) is 0 Å². The van der Waals surface area contributed by atoms with Crippen molar-refractivity contribution in [1.82, 2.24) is 10.3 Å². The van der Waals surface area contributed by atoms with Crippen molar-refractivity contribution in [2.45, 2.75) is 16.2 Å². The van der Waals surface area contributed by atoms with Gasteiger partial charge in [0.15, 0.2) is 4.34 Å². The minimum atomic E-state index is -0.871. The Morgan fingerprint density at radius 1 is 1.06 bits per heavy atom. The molecule has 1 aliphatic heterocycles. The lowest BCUT2D eigenvalue weighted by Gasteiger charge is -2.26. The second-order valence-electron chi connectivity index (χ2n) is 7.83. The summed E-state index contributed by atoms with van der Waals surface area (Å²) in [6, 6.07) is 17.8. The van der Waals surface area contributed by atoms with E-state index in [1.165, 1.54) is 35.2 Å². The van der Waals surface area contributed by atoms with E-state index in [2.05, 4.69) is 10.3 Å². The van der Waals surface area contributed by atoms with Crippen LogP contribution in [0.3, 0.4) is 0 Å². The molecule has 0 aliphatic carbocycles. The third-order valence-electron chi connectivity index (χ3n) is 5.36. The average Bonchev–Trinajstić information content (AvgIpc) is 3.26. The van der Waals surface area contributed by atoms with Gasteiger partial charge in [-0.1, -0.05) is 47.7 Å². The van der Waals surface area contributed by atoms with E-state index in [4.69, 9.17) is 0 Å². The van der Waals surface area contributed by atoms with E-state index in [9.17, 15) is 24.5 Å². The number of nitro benzene ring substituents is 1. The lowest BCUT2D eigenvalue weighted by atomic mass is 10.1. The summed E-state index contributed by atoms with van der Waals surface area (Å²) in [7, 11) is 0. The maximum atomic E-state index is 13.1. The molecule has 9 nitrogen and oxygen atoms in total. The maximum absolute atomic E-state index is 13.1. The molecule has 1 aliphatic rings. The molecule has 3 aromatic carbocycles. The molecule has 1 saturated heterocycles. The monoisotopic (exact) mass is 516 g/mol. The van der Waals surface area contributed by atoms with Crippen LogP contribution in [0.15, 0.2) is 81.5 Å². The van der Waals surface area contributed by atoms with Crippen LogP contribution in [0.2, 0.25) is 0 Å². The molecular weight excluding hydrogens is 500 g/mol. The number of fused-ring (bicyclic) bond motifs is 1. The number of thiazole rings is 1. The van der Waals surface area contributed by atoms with Crippen LogP contribution in [0.5, 0.6) is 0 Å². The molecule has 1 aromatic heterocycles. The number of anilines is 1. The number of carbonyl (C=O) groups is 3. The van der Waals surface area contributed by atoms with E-state index in [0.717, 1.165) is 20.7 Å². The van der Waals surface area contributed by atoms with Crippen molar-refractivity contribution in [2.24, 2.45) is 0 Å². The molecule has 0 radical (unpaired) electrons. The van der Waals surface area contributed by atoms with Crippen molar-refractivity contribution >= 4 is 68.6 Å². The van der Waals surface area contributed by atoms with Gasteiger partial charge in [-0.15, -0.1) is 11.3 Å². The predicted molar refractivity (Wildman–Crippen MR) is 137 cm³/mol. The molecule has 0 unspecified atom stereocenters. The number of imide groups is 2. The van der Waals surface area contributed by atoms with Crippen molar-refractivity contribution in [2.75, 3.05) is 4.90 Å². The second kappa shape index (κ2) is 9.36. The zero-order valence-corrected chi connectivity index (χ0v) is 20.3. The summed E-state index contributed by atoms with van der Waals surface area (Å²) < 4.78 is 1.62. The van der Waals surface area contributed by atoms with Gasteiger partial charge in [-0.3, -0.25) is 25.0 Å². The van der Waals surface area contributed by atoms with Gasteiger partial charge in [0.05, 0.1) is 25.7 Å². The Morgan fingerprint density at radius 2 is 1.81 bits per heavy atom. The number of amides is 4. The molecule has 36 heavy (non-hydrogen) atoms. The van der Waals surface area contributed by atoms with E-state index in [-0.39, 0.29) is 16.8 Å². The minimum absolute atomic E-state index is 0.191. The highest BCUT2D eigenvalue weighted by molar-refractivity contribution is 8.01. The molecule has 0 saturated carbocycles. The van der Waals surface area contributed by atoms with E-state index in [1.807, 2.05) is 31.2 Å². The summed E-state index contributed by atoms with van der Waals surface area (Å²) >= 11 is 2.60. The fraction of sp³-hybridized carbons (Fsp3) is 0.0400. The number of rotatable bonds is 5. The molecule has 5 rings (SSSR count). The van der Waals surface area contributed by atoms with E-state index in [0.29, 0.717) is 14.9 Å². The molecule has 4 amide bonds. The van der Waals surface area contributed by atoms with Crippen LogP contribution >= 0.6 is 23.1 Å². The van der Waals surface area contributed by atoms with Gasteiger partial charge in [0.1, 0.15) is 5.57 Å². The summed E-state index contributed by atoms with van der Waals surface area (Å²) in [5, 5.41) is 14.0. The molecule has 2 heterocycles. The Balaban J connectivity index is 1.48. The number of nitrogens with one attached hydrogen (secondary N) is 1. The van der Waals surface area contributed by atoms with Crippen molar-refractivity contribution in [3.05, 3.63) is 93.5 Å². The first-order valence-corrected chi connectivity index (χ1v) is 12.2. The molecular formula is C25H16N4O5S2. The first-order chi connectivity index (χ1) is 17.3. The number of hydrogen-bond donors (Lipinski definition) is 1. The number of para-hydroxylation sites is 1. The van der Waals surface area contributed by atoms with Crippen LogP contribution < -0.4 is 10.2 Å². The first kappa shape index (κ1) is 23.4. The molecule has 11 heteroatoms. The van der Waals surface area contributed by atoms with Crippen LogP contribution in [0.4, 0.5) is 16.2 Å². The molecule has 4 aromatic rings. The van der Waals surface area contributed by atoms with Crippen LogP contribution in [0, 0.1) is 17.0 Å². The topological polar surface area (TPSA) is 123 Å². The molecule has 0 bridgehead atoms.